The van der Waals surface area contributed by atoms with Gasteiger partial charge >= 0.3 is 0 Å². The molecule has 1 atom stereocenters. The standard InChI is InChI=1S/C22H32ClN5O2/c1-3-17-5-4-6-19(20(17)23)28-13-11-27(12-14-28)10-8-18(29)7-9-24-22(30)21-25-15-16(2)26-21/h4-6,15,18,29H,3,7-14H2,1-2H3,(H,24,30)(H,25,26). The highest BCUT2D eigenvalue weighted by molar-refractivity contribution is 6.34. The molecule has 1 aromatic carbocycles. The molecule has 30 heavy (non-hydrogen) atoms. The second kappa shape index (κ2) is 10.8. The number of aromatic amines is 1. The maximum Gasteiger partial charge on any atom is 0.287 e. The number of imidazole rings is 1. The molecule has 0 saturated carbocycles. The summed E-state index contributed by atoms with van der Waals surface area (Å²) in [6.07, 6.45) is 3.36. The molecule has 2 heterocycles. The molecule has 7 nitrogen and oxygen atoms in total. The molecule has 1 fully saturated rings. The average molecular weight is 434 g/mol. The minimum atomic E-state index is -0.433. The molecule has 1 amide bonds. The highest BCUT2D eigenvalue weighted by atomic mass is 35.5. The second-order valence-corrected chi connectivity index (χ2v) is 8.21. The van der Waals surface area contributed by atoms with Gasteiger partial charge in [-0.15, -0.1) is 0 Å². The lowest BCUT2D eigenvalue weighted by Gasteiger charge is -2.37. The number of aliphatic hydroxyl groups is 1. The van der Waals surface area contributed by atoms with Crippen molar-refractivity contribution in [3.8, 4) is 0 Å². The summed E-state index contributed by atoms with van der Waals surface area (Å²) in [5.41, 5.74) is 3.16. The number of carbonyl (C=O) groups is 1. The molecule has 0 spiro atoms. The summed E-state index contributed by atoms with van der Waals surface area (Å²) in [5, 5.41) is 13.9. The summed E-state index contributed by atoms with van der Waals surface area (Å²) in [7, 11) is 0. The van der Waals surface area contributed by atoms with E-state index in [4.69, 9.17) is 11.6 Å². The van der Waals surface area contributed by atoms with Crippen LogP contribution in [0.2, 0.25) is 5.02 Å². The predicted octanol–water partition coefficient (Wildman–Crippen LogP) is 2.63. The number of nitrogens with one attached hydrogen (secondary N) is 2. The van der Waals surface area contributed by atoms with E-state index in [1.54, 1.807) is 6.20 Å². The Morgan fingerprint density at radius 3 is 2.73 bits per heavy atom. The van der Waals surface area contributed by atoms with Crippen LogP contribution in [0.25, 0.3) is 0 Å². The average Bonchev–Trinajstić information content (AvgIpc) is 3.19. The fraction of sp³-hybridized carbons (Fsp3) is 0.545. The number of halogens is 1. The largest absolute Gasteiger partial charge is 0.393 e. The van der Waals surface area contributed by atoms with E-state index < -0.39 is 6.10 Å². The molecule has 8 heteroatoms. The van der Waals surface area contributed by atoms with Crippen LogP contribution in [0, 0.1) is 6.92 Å². The fourth-order valence-corrected chi connectivity index (χ4v) is 4.12. The van der Waals surface area contributed by atoms with Gasteiger partial charge in [-0.1, -0.05) is 30.7 Å². The topological polar surface area (TPSA) is 84.5 Å². The van der Waals surface area contributed by atoms with Gasteiger partial charge in [0.05, 0.1) is 16.8 Å². The van der Waals surface area contributed by atoms with Crippen molar-refractivity contribution in [3.05, 3.63) is 46.5 Å². The Balaban J connectivity index is 1.35. The van der Waals surface area contributed by atoms with Gasteiger partial charge < -0.3 is 20.3 Å². The maximum atomic E-state index is 11.9. The van der Waals surface area contributed by atoms with Crippen LogP contribution in [0.5, 0.6) is 0 Å². The van der Waals surface area contributed by atoms with Crippen molar-refractivity contribution >= 4 is 23.2 Å². The maximum absolute atomic E-state index is 11.9. The minimum Gasteiger partial charge on any atom is -0.393 e. The molecule has 0 radical (unpaired) electrons. The lowest BCUT2D eigenvalue weighted by atomic mass is 10.1. The summed E-state index contributed by atoms with van der Waals surface area (Å²) in [6, 6.07) is 6.26. The van der Waals surface area contributed by atoms with Gasteiger partial charge in [0.25, 0.3) is 5.91 Å². The minimum absolute atomic E-state index is 0.239. The van der Waals surface area contributed by atoms with Gasteiger partial charge in [0.1, 0.15) is 0 Å². The van der Waals surface area contributed by atoms with Crippen LogP contribution in [-0.4, -0.2) is 71.3 Å². The molecule has 0 aliphatic carbocycles. The third kappa shape index (κ3) is 5.97. The fourth-order valence-electron chi connectivity index (χ4n) is 3.74. The monoisotopic (exact) mass is 433 g/mol. The third-order valence-electron chi connectivity index (χ3n) is 5.61. The van der Waals surface area contributed by atoms with E-state index in [2.05, 4.69) is 50.2 Å². The zero-order chi connectivity index (χ0) is 21.5. The van der Waals surface area contributed by atoms with E-state index in [1.807, 2.05) is 6.92 Å². The smallest absolute Gasteiger partial charge is 0.287 e. The number of aromatic nitrogens is 2. The number of piperazine rings is 1. The Morgan fingerprint density at radius 2 is 2.07 bits per heavy atom. The van der Waals surface area contributed by atoms with Crippen molar-refractivity contribution in [1.82, 2.24) is 20.2 Å². The highest BCUT2D eigenvalue weighted by Gasteiger charge is 2.20. The van der Waals surface area contributed by atoms with E-state index in [0.717, 1.165) is 55.5 Å². The first-order valence-electron chi connectivity index (χ1n) is 10.7. The molecular weight excluding hydrogens is 402 g/mol. The normalized spacial score (nSPS) is 15.9. The van der Waals surface area contributed by atoms with Gasteiger partial charge in [-0.05, 0) is 37.8 Å². The lowest BCUT2D eigenvalue weighted by molar-refractivity contribution is 0.0926. The number of aliphatic hydroxyl groups excluding tert-OH is 1. The van der Waals surface area contributed by atoms with Gasteiger partial charge in [-0.2, -0.15) is 0 Å². The SMILES string of the molecule is CCc1cccc(N2CCN(CCC(O)CCNC(=O)c3ncc(C)[nH]3)CC2)c1Cl. The molecule has 164 valence electrons. The second-order valence-electron chi connectivity index (χ2n) is 7.83. The van der Waals surface area contributed by atoms with Crippen LogP contribution in [0.1, 0.15) is 41.6 Å². The highest BCUT2D eigenvalue weighted by Crippen LogP contribution is 2.30. The Morgan fingerprint density at radius 1 is 1.30 bits per heavy atom. The van der Waals surface area contributed by atoms with Gasteiger partial charge in [0.2, 0.25) is 0 Å². The zero-order valence-electron chi connectivity index (χ0n) is 17.8. The van der Waals surface area contributed by atoms with E-state index in [0.29, 0.717) is 25.2 Å². The Labute approximate surface area is 183 Å². The molecule has 1 saturated heterocycles. The molecule has 1 unspecified atom stereocenters. The first kappa shape index (κ1) is 22.6. The molecule has 2 aromatic rings. The summed E-state index contributed by atoms with van der Waals surface area (Å²) in [4.78, 5) is 23.6. The van der Waals surface area contributed by atoms with Gasteiger partial charge in [0, 0.05) is 51.2 Å². The van der Waals surface area contributed by atoms with Crippen LogP contribution < -0.4 is 10.2 Å². The van der Waals surface area contributed by atoms with Crippen molar-refractivity contribution in [1.29, 1.82) is 0 Å². The number of nitrogens with zero attached hydrogens (tertiary/aromatic N) is 3. The van der Waals surface area contributed by atoms with Crippen LogP contribution >= 0.6 is 11.6 Å². The number of H-pyrrole nitrogens is 1. The Hall–Kier alpha value is -2.09. The van der Waals surface area contributed by atoms with E-state index in [1.165, 1.54) is 5.56 Å². The molecule has 3 rings (SSSR count). The molecule has 3 N–H and O–H groups in total. The molecule has 1 aliphatic rings. The molecule has 1 aromatic heterocycles. The number of hydrogen-bond donors (Lipinski definition) is 3. The first-order chi connectivity index (χ1) is 14.5. The van der Waals surface area contributed by atoms with Crippen molar-refractivity contribution in [2.75, 3.05) is 44.2 Å². The van der Waals surface area contributed by atoms with Crippen molar-refractivity contribution < 1.29 is 9.90 Å². The van der Waals surface area contributed by atoms with Crippen LogP contribution in [0.4, 0.5) is 5.69 Å². The summed E-state index contributed by atoms with van der Waals surface area (Å²) < 4.78 is 0. The van der Waals surface area contributed by atoms with E-state index >= 15 is 0 Å². The quantitative estimate of drug-likeness (QED) is 0.566. The van der Waals surface area contributed by atoms with Crippen LogP contribution in [-0.2, 0) is 6.42 Å². The number of aryl methyl sites for hydroxylation is 2. The lowest BCUT2D eigenvalue weighted by Crippen LogP contribution is -2.47. The van der Waals surface area contributed by atoms with Crippen LogP contribution in [0.15, 0.2) is 24.4 Å². The van der Waals surface area contributed by atoms with Gasteiger partial charge in [-0.3, -0.25) is 9.69 Å². The molecular formula is C22H32ClN5O2. The summed E-state index contributed by atoms with van der Waals surface area (Å²) in [6.45, 7) is 9.02. The summed E-state index contributed by atoms with van der Waals surface area (Å²) in [5.74, 6) is 0.0710. The molecule has 0 bridgehead atoms. The number of amides is 1. The first-order valence-corrected chi connectivity index (χ1v) is 11.1. The number of rotatable bonds is 9. The van der Waals surface area contributed by atoms with Crippen molar-refractivity contribution in [3.63, 3.8) is 0 Å². The van der Waals surface area contributed by atoms with E-state index in [-0.39, 0.29) is 5.91 Å². The van der Waals surface area contributed by atoms with Gasteiger partial charge in [0.15, 0.2) is 5.82 Å². The number of hydrogen-bond acceptors (Lipinski definition) is 5. The third-order valence-corrected chi connectivity index (χ3v) is 6.05. The number of carbonyl (C=O) groups excluding carboxylic acids is 1. The Bertz CT molecular complexity index is 833. The number of anilines is 1. The zero-order valence-corrected chi connectivity index (χ0v) is 18.6. The van der Waals surface area contributed by atoms with E-state index in [9.17, 15) is 9.90 Å². The van der Waals surface area contributed by atoms with Crippen molar-refractivity contribution in [2.45, 2.75) is 39.2 Å². The van der Waals surface area contributed by atoms with Crippen LogP contribution in [0.3, 0.4) is 0 Å². The molecule has 1 aliphatic heterocycles. The predicted molar refractivity (Wildman–Crippen MR) is 120 cm³/mol. The Kier molecular flexibility index (Phi) is 8.13. The number of benzene rings is 1. The summed E-state index contributed by atoms with van der Waals surface area (Å²) >= 11 is 6.57. The van der Waals surface area contributed by atoms with Gasteiger partial charge in [-0.25, -0.2) is 4.98 Å². The van der Waals surface area contributed by atoms with Crippen molar-refractivity contribution in [2.24, 2.45) is 0 Å².